The first-order chi connectivity index (χ1) is 8.63. The van der Waals surface area contributed by atoms with Crippen molar-refractivity contribution in [1.29, 1.82) is 0 Å². The van der Waals surface area contributed by atoms with Crippen LogP contribution in [0.25, 0.3) is 0 Å². The number of unbranched alkanes of at least 4 members (excludes halogenated alkanes) is 1. The van der Waals surface area contributed by atoms with E-state index in [0.717, 1.165) is 31.5 Å². The van der Waals surface area contributed by atoms with Gasteiger partial charge in [-0.25, -0.2) is 0 Å². The molecule has 0 saturated heterocycles. The number of nitrogens with zero attached hydrogens (tertiary/aromatic N) is 2. The Labute approximate surface area is 114 Å². The van der Waals surface area contributed by atoms with E-state index in [9.17, 15) is 4.79 Å². The molecule has 1 heterocycles. The van der Waals surface area contributed by atoms with Gasteiger partial charge in [-0.05, 0) is 39.2 Å². The lowest BCUT2D eigenvalue weighted by atomic mass is 10.2. The van der Waals surface area contributed by atoms with Crippen LogP contribution in [-0.4, -0.2) is 28.1 Å². The Morgan fingerprint density at radius 1 is 1.39 bits per heavy atom. The summed E-state index contributed by atoms with van der Waals surface area (Å²) in [6.45, 7) is 5.59. The van der Waals surface area contributed by atoms with Gasteiger partial charge in [0.15, 0.2) is 0 Å². The van der Waals surface area contributed by atoms with Gasteiger partial charge < -0.3 is 5.32 Å². The van der Waals surface area contributed by atoms with E-state index in [0.29, 0.717) is 18.8 Å². The van der Waals surface area contributed by atoms with Crippen LogP contribution in [-0.2, 0) is 11.3 Å². The smallest absolute Gasteiger partial charge is 0.219 e. The van der Waals surface area contributed by atoms with E-state index in [1.165, 1.54) is 5.69 Å². The van der Waals surface area contributed by atoms with Crippen molar-refractivity contribution in [2.45, 2.75) is 46.1 Å². The van der Waals surface area contributed by atoms with Crippen LogP contribution in [0.15, 0.2) is 6.07 Å². The molecule has 1 aromatic rings. The maximum Gasteiger partial charge on any atom is 0.219 e. The molecule has 0 atom stereocenters. The van der Waals surface area contributed by atoms with E-state index in [1.807, 2.05) is 18.5 Å². The maximum atomic E-state index is 11.4. The Balaban J connectivity index is 2.11. The van der Waals surface area contributed by atoms with Gasteiger partial charge in [0, 0.05) is 31.1 Å². The molecule has 1 N–H and O–H groups in total. The van der Waals surface area contributed by atoms with Crippen LogP contribution < -0.4 is 5.32 Å². The zero-order valence-electron chi connectivity index (χ0n) is 11.2. The van der Waals surface area contributed by atoms with Crippen molar-refractivity contribution >= 4 is 17.5 Å². The van der Waals surface area contributed by atoms with Crippen molar-refractivity contribution in [1.82, 2.24) is 15.1 Å². The summed E-state index contributed by atoms with van der Waals surface area (Å²) in [5, 5.41) is 7.29. The fourth-order valence-electron chi connectivity index (χ4n) is 1.83. The lowest BCUT2D eigenvalue weighted by Crippen LogP contribution is -2.25. The minimum Gasteiger partial charge on any atom is -0.356 e. The molecule has 1 amide bonds. The largest absolute Gasteiger partial charge is 0.356 e. The highest BCUT2D eigenvalue weighted by Crippen LogP contribution is 2.02. The van der Waals surface area contributed by atoms with Gasteiger partial charge in [0.05, 0.1) is 5.69 Å². The minimum atomic E-state index is 0.119. The number of carbonyl (C=O) groups excluding carboxylic acids is 1. The average Bonchev–Trinajstić information content (AvgIpc) is 2.64. The number of carbonyl (C=O) groups is 1. The molecule has 4 nitrogen and oxygen atoms in total. The number of rotatable bonds is 8. The fraction of sp³-hybridized carbons (Fsp3) is 0.692. The first kappa shape index (κ1) is 15.0. The average molecular weight is 272 g/mol. The molecule has 1 rings (SSSR count). The van der Waals surface area contributed by atoms with Crippen molar-refractivity contribution in [3.05, 3.63) is 17.5 Å². The first-order valence-electron chi connectivity index (χ1n) is 6.47. The number of hydrogen-bond donors (Lipinski definition) is 1. The van der Waals surface area contributed by atoms with Gasteiger partial charge in [-0.1, -0.05) is 0 Å². The van der Waals surface area contributed by atoms with Crippen LogP contribution in [0.4, 0.5) is 0 Å². The predicted molar refractivity (Wildman–Crippen MR) is 73.9 cm³/mol. The van der Waals surface area contributed by atoms with Gasteiger partial charge in [0.25, 0.3) is 0 Å². The summed E-state index contributed by atoms with van der Waals surface area (Å²) in [4.78, 5) is 11.4. The molecule has 0 bridgehead atoms. The Morgan fingerprint density at radius 3 is 2.78 bits per heavy atom. The number of nitrogens with one attached hydrogen (secondary N) is 1. The van der Waals surface area contributed by atoms with E-state index in [2.05, 4.69) is 16.5 Å². The molecule has 1 aromatic heterocycles. The molecule has 0 aliphatic carbocycles. The Morgan fingerprint density at radius 2 is 2.17 bits per heavy atom. The zero-order valence-corrected chi connectivity index (χ0v) is 12.0. The lowest BCUT2D eigenvalue weighted by molar-refractivity contribution is -0.121. The standard InChI is InChI=1S/C13H22ClN3O/c1-11-10-12(2)17(16-11)9-5-8-15-13(18)6-3-4-7-14/h10H,3-9H2,1-2H3,(H,15,18). The third-order valence-corrected chi connectivity index (χ3v) is 3.03. The SMILES string of the molecule is Cc1cc(C)n(CCCNC(=O)CCCCCl)n1. The normalized spacial score (nSPS) is 10.6. The number of amides is 1. The zero-order chi connectivity index (χ0) is 13.4. The minimum absolute atomic E-state index is 0.119. The second-order valence-corrected chi connectivity index (χ2v) is 4.88. The van der Waals surface area contributed by atoms with Gasteiger partial charge in [-0.3, -0.25) is 9.48 Å². The highest BCUT2D eigenvalue weighted by Gasteiger charge is 2.02. The van der Waals surface area contributed by atoms with Gasteiger partial charge in [-0.2, -0.15) is 5.10 Å². The summed E-state index contributed by atoms with van der Waals surface area (Å²) < 4.78 is 1.98. The number of alkyl halides is 1. The van der Waals surface area contributed by atoms with Gasteiger partial charge in [0.2, 0.25) is 5.91 Å². The molecule has 0 aromatic carbocycles. The molecule has 0 fully saturated rings. The van der Waals surface area contributed by atoms with Crippen LogP contribution in [0, 0.1) is 13.8 Å². The molecule has 102 valence electrons. The summed E-state index contributed by atoms with van der Waals surface area (Å²) in [7, 11) is 0. The topological polar surface area (TPSA) is 46.9 Å². The first-order valence-corrected chi connectivity index (χ1v) is 7.00. The van der Waals surface area contributed by atoms with E-state index in [4.69, 9.17) is 11.6 Å². The lowest BCUT2D eigenvalue weighted by Gasteiger charge is -2.06. The highest BCUT2D eigenvalue weighted by molar-refractivity contribution is 6.17. The molecular formula is C13H22ClN3O. The third-order valence-electron chi connectivity index (χ3n) is 2.76. The Hall–Kier alpha value is -1.03. The van der Waals surface area contributed by atoms with E-state index < -0.39 is 0 Å². The van der Waals surface area contributed by atoms with Crippen LogP contribution >= 0.6 is 11.6 Å². The van der Waals surface area contributed by atoms with Crippen LogP contribution in [0.1, 0.15) is 37.1 Å². The number of aryl methyl sites for hydroxylation is 3. The van der Waals surface area contributed by atoms with Crippen LogP contribution in [0.3, 0.4) is 0 Å². The molecule has 5 heteroatoms. The third kappa shape index (κ3) is 5.54. The van der Waals surface area contributed by atoms with Crippen molar-refractivity contribution in [2.24, 2.45) is 0 Å². The summed E-state index contributed by atoms with van der Waals surface area (Å²) in [5.41, 5.74) is 2.21. The molecule has 0 unspecified atom stereocenters. The summed E-state index contributed by atoms with van der Waals surface area (Å²) >= 11 is 5.55. The van der Waals surface area contributed by atoms with Gasteiger partial charge in [0.1, 0.15) is 0 Å². The molecular weight excluding hydrogens is 250 g/mol. The fourth-order valence-corrected chi connectivity index (χ4v) is 2.02. The molecule has 0 spiro atoms. The summed E-state index contributed by atoms with van der Waals surface area (Å²) in [6, 6.07) is 2.06. The number of hydrogen-bond acceptors (Lipinski definition) is 2. The van der Waals surface area contributed by atoms with Gasteiger partial charge >= 0.3 is 0 Å². The second-order valence-electron chi connectivity index (χ2n) is 4.50. The molecule has 0 aliphatic heterocycles. The molecule has 0 saturated carbocycles. The van der Waals surface area contributed by atoms with Crippen LogP contribution in [0.2, 0.25) is 0 Å². The van der Waals surface area contributed by atoms with E-state index >= 15 is 0 Å². The number of halogens is 1. The van der Waals surface area contributed by atoms with Crippen molar-refractivity contribution < 1.29 is 4.79 Å². The van der Waals surface area contributed by atoms with E-state index in [-0.39, 0.29) is 5.91 Å². The molecule has 0 aliphatic rings. The van der Waals surface area contributed by atoms with Gasteiger partial charge in [-0.15, -0.1) is 11.6 Å². The Bertz CT molecular complexity index is 376. The quantitative estimate of drug-likeness (QED) is 0.583. The number of aromatic nitrogens is 2. The molecule has 18 heavy (non-hydrogen) atoms. The second kappa shape index (κ2) is 8.14. The van der Waals surface area contributed by atoms with Crippen LogP contribution in [0.5, 0.6) is 0 Å². The summed E-state index contributed by atoms with van der Waals surface area (Å²) in [5.74, 6) is 0.749. The maximum absolute atomic E-state index is 11.4. The monoisotopic (exact) mass is 271 g/mol. The van der Waals surface area contributed by atoms with Crippen molar-refractivity contribution in [3.63, 3.8) is 0 Å². The summed E-state index contributed by atoms with van der Waals surface area (Å²) in [6.07, 6.45) is 3.25. The van der Waals surface area contributed by atoms with Crippen molar-refractivity contribution in [2.75, 3.05) is 12.4 Å². The predicted octanol–water partition coefficient (Wildman–Crippen LogP) is 2.42. The van der Waals surface area contributed by atoms with E-state index in [1.54, 1.807) is 0 Å². The Kier molecular flexibility index (Phi) is 6.80. The highest BCUT2D eigenvalue weighted by atomic mass is 35.5. The van der Waals surface area contributed by atoms with Crippen molar-refractivity contribution in [3.8, 4) is 0 Å². The molecule has 0 radical (unpaired) electrons.